The average molecular weight is 659 g/mol. The van der Waals surface area contributed by atoms with Crippen LogP contribution in [0.1, 0.15) is 0 Å². The molecule has 0 fully saturated rings. The quantitative estimate of drug-likeness (QED) is 0.194. The van der Waals surface area contributed by atoms with Gasteiger partial charge in [0.15, 0.2) is 0 Å². The van der Waals surface area contributed by atoms with E-state index < -0.39 is 0 Å². The Balaban J connectivity index is 0.000000187. The fraction of sp³-hybridized carbons (Fsp3) is 0. The Hall–Kier alpha value is -0.581. The Labute approximate surface area is 203 Å². The second-order valence-corrected chi connectivity index (χ2v) is 8.28. The molecule has 0 radical (unpaired) electrons. The minimum Gasteiger partial charge on any atom is -0.870 e. The molecule has 2 heterocycles. The molecule has 0 bridgehead atoms. The van der Waals surface area contributed by atoms with E-state index in [4.69, 9.17) is 23.2 Å². The van der Waals surface area contributed by atoms with Gasteiger partial charge in [0.25, 0.3) is 0 Å². The Morgan fingerprint density at radius 3 is 1.48 bits per heavy atom. The van der Waals surface area contributed by atoms with E-state index in [0.717, 1.165) is 10.8 Å². The molecule has 0 aliphatic rings. The number of hydrogen-bond donors (Lipinski definition) is 0. The van der Waals surface area contributed by atoms with Gasteiger partial charge < -0.3 is 10.2 Å². The molecule has 138 valence electrons. The first-order valence-electron chi connectivity index (χ1n) is 7.19. The summed E-state index contributed by atoms with van der Waals surface area (Å²) in [6.07, 6.45) is 3.19. The third-order valence-corrected chi connectivity index (χ3v) is 5.73. The molecule has 0 unspecified atom stereocenters. The van der Waals surface area contributed by atoms with Crippen molar-refractivity contribution in [1.29, 1.82) is 0 Å². The third-order valence-electron chi connectivity index (χ3n) is 3.50. The van der Waals surface area contributed by atoms with Gasteiger partial charge in [-0.05, 0) is 81.6 Å². The summed E-state index contributed by atoms with van der Waals surface area (Å²) in [5.41, 5.74) is 0.888. The van der Waals surface area contributed by atoms with Crippen LogP contribution in [0, 0.1) is 7.14 Å². The standard InChI is InChI=1S/2C9H5ClINO.Fe/c2*10-6-4-7(11)9(13)8-5(6)2-1-3-12-8;/h2*1-4,13H;/q;;+2/p-2/i2*11-3;. The molecule has 0 saturated heterocycles. The number of halogens is 4. The van der Waals surface area contributed by atoms with E-state index in [9.17, 15) is 10.2 Å². The van der Waals surface area contributed by atoms with E-state index in [2.05, 4.69) is 9.97 Å². The first-order valence-corrected chi connectivity index (χ1v) is 10.1. The van der Waals surface area contributed by atoms with Crippen LogP contribution in [0.15, 0.2) is 48.8 Å². The molecule has 0 aliphatic heterocycles. The van der Waals surface area contributed by atoms with Gasteiger partial charge in [-0.1, -0.05) is 34.7 Å². The number of nitrogens with zero attached hydrogens (tertiary/aromatic N) is 2. The summed E-state index contributed by atoms with van der Waals surface area (Å²) in [5.74, 6) is -0.110. The van der Waals surface area contributed by atoms with Gasteiger partial charge in [-0.3, -0.25) is 9.97 Å². The molecular formula is C18H8Cl2FeI2N2O2. The van der Waals surface area contributed by atoms with Gasteiger partial charge in [0, 0.05) is 30.3 Å². The topological polar surface area (TPSA) is 71.9 Å². The van der Waals surface area contributed by atoms with E-state index in [1.807, 2.05) is 45.2 Å². The molecule has 0 atom stereocenters. The zero-order valence-corrected chi connectivity index (χ0v) is 20.1. The van der Waals surface area contributed by atoms with Crippen molar-refractivity contribution in [2.24, 2.45) is 0 Å². The molecule has 0 N–H and O–H groups in total. The van der Waals surface area contributed by atoms with Crippen molar-refractivity contribution < 1.29 is 27.3 Å². The molecule has 4 aromatic rings. The summed E-state index contributed by atoms with van der Waals surface area (Å²) < 4.78 is 1.21. The molecule has 9 heteroatoms. The predicted molar refractivity (Wildman–Crippen MR) is 118 cm³/mol. The molecule has 0 spiro atoms. The van der Waals surface area contributed by atoms with Crippen LogP contribution in [0.5, 0.6) is 11.5 Å². The maximum absolute atomic E-state index is 11.6. The van der Waals surface area contributed by atoms with Crippen LogP contribution >= 0.6 is 68.4 Å². The second kappa shape index (κ2) is 9.75. The summed E-state index contributed by atoms with van der Waals surface area (Å²) in [7, 11) is 0. The van der Waals surface area contributed by atoms with Crippen LogP contribution in [0.25, 0.3) is 21.8 Å². The summed E-state index contributed by atoms with van der Waals surface area (Å²) in [6, 6.07) is 10.4. The number of fused-ring (bicyclic) bond motifs is 2. The second-order valence-electron chi connectivity index (χ2n) is 5.14. The SMILES string of the molecule is [Fe+2].[O-]c1c([124I])cc(Cl)c2cccnc12.[O-]c1c([124I])cc(Cl)c2cccnc12. The van der Waals surface area contributed by atoms with Crippen molar-refractivity contribution in [1.82, 2.24) is 9.97 Å². The van der Waals surface area contributed by atoms with Crippen LogP contribution in [-0.2, 0) is 17.1 Å². The third kappa shape index (κ3) is 4.89. The van der Waals surface area contributed by atoms with Crippen molar-refractivity contribution in [3.63, 3.8) is 0 Å². The van der Waals surface area contributed by atoms with Gasteiger partial charge in [-0.2, -0.15) is 0 Å². The molecule has 0 amide bonds. The van der Waals surface area contributed by atoms with E-state index >= 15 is 0 Å². The van der Waals surface area contributed by atoms with Crippen molar-refractivity contribution >= 4 is 90.2 Å². The summed E-state index contributed by atoms with van der Waals surface area (Å²) in [6.45, 7) is 0. The number of hydrogen-bond acceptors (Lipinski definition) is 4. The number of pyridine rings is 2. The monoisotopic (exact) mass is 658 g/mol. The van der Waals surface area contributed by atoms with Gasteiger partial charge in [0.2, 0.25) is 0 Å². The molecule has 4 rings (SSSR count). The van der Waals surface area contributed by atoms with Gasteiger partial charge in [-0.15, -0.1) is 0 Å². The largest absolute Gasteiger partial charge is 2.00 e. The first-order chi connectivity index (χ1) is 12.4. The smallest absolute Gasteiger partial charge is 0.870 e. The van der Waals surface area contributed by atoms with Crippen molar-refractivity contribution in [3.8, 4) is 11.5 Å². The van der Waals surface area contributed by atoms with Gasteiger partial charge in [-0.25, -0.2) is 0 Å². The maximum atomic E-state index is 11.6. The summed E-state index contributed by atoms with van der Waals surface area (Å²) in [5, 5.41) is 25.7. The number of rotatable bonds is 0. The average Bonchev–Trinajstić information content (AvgIpc) is 2.65. The fourth-order valence-corrected chi connectivity index (χ4v) is 4.32. The van der Waals surface area contributed by atoms with E-state index in [1.165, 1.54) is 0 Å². The zero-order chi connectivity index (χ0) is 18.8. The van der Waals surface area contributed by atoms with E-state index in [1.54, 1.807) is 48.8 Å². The van der Waals surface area contributed by atoms with Gasteiger partial charge in [0.1, 0.15) is 0 Å². The molecule has 2 aromatic heterocycles. The van der Waals surface area contributed by atoms with Crippen LogP contribution in [0.3, 0.4) is 0 Å². The Morgan fingerprint density at radius 1 is 0.741 bits per heavy atom. The molecule has 0 saturated carbocycles. The summed E-state index contributed by atoms with van der Waals surface area (Å²) >= 11 is 15.8. The number of benzene rings is 2. The zero-order valence-electron chi connectivity index (χ0n) is 13.2. The van der Waals surface area contributed by atoms with Crippen molar-refractivity contribution in [2.45, 2.75) is 0 Å². The maximum Gasteiger partial charge on any atom is 2.00 e. The Kier molecular flexibility index (Phi) is 8.20. The minimum absolute atomic E-state index is 0. The minimum atomic E-state index is -0.0550. The molecule has 2 aromatic carbocycles. The number of aromatic nitrogens is 2. The van der Waals surface area contributed by atoms with E-state index in [-0.39, 0.29) is 28.6 Å². The van der Waals surface area contributed by atoms with E-state index in [0.29, 0.717) is 28.2 Å². The molecule has 4 nitrogen and oxygen atoms in total. The predicted octanol–water partition coefficient (Wildman–Crippen LogP) is 5.13. The Morgan fingerprint density at radius 2 is 1.11 bits per heavy atom. The normalized spacial score (nSPS) is 10.2. The van der Waals surface area contributed by atoms with Gasteiger partial charge in [0.05, 0.1) is 21.1 Å². The Bertz CT molecular complexity index is 1040. The first kappa shape index (κ1) is 22.7. The van der Waals surface area contributed by atoms with Crippen molar-refractivity contribution in [3.05, 3.63) is 66.0 Å². The van der Waals surface area contributed by atoms with Crippen LogP contribution < -0.4 is 10.2 Å². The van der Waals surface area contributed by atoms with Crippen molar-refractivity contribution in [2.75, 3.05) is 0 Å². The summed E-state index contributed by atoms with van der Waals surface area (Å²) in [4.78, 5) is 8.00. The van der Waals surface area contributed by atoms with Crippen LogP contribution in [-0.4, -0.2) is 9.97 Å². The van der Waals surface area contributed by atoms with Crippen LogP contribution in [0.2, 0.25) is 10.0 Å². The van der Waals surface area contributed by atoms with Gasteiger partial charge >= 0.3 is 17.1 Å². The molecule has 0 aliphatic carbocycles. The fourth-order valence-electron chi connectivity index (χ4n) is 2.29. The molecule has 27 heavy (non-hydrogen) atoms. The van der Waals surface area contributed by atoms with Crippen LogP contribution in [0.4, 0.5) is 0 Å². The molecular weight excluding hydrogens is 651 g/mol.